The summed E-state index contributed by atoms with van der Waals surface area (Å²) in [6, 6.07) is 18.7. The Morgan fingerprint density at radius 3 is 2.45 bits per heavy atom. The van der Waals surface area contributed by atoms with Crippen LogP contribution in [0.25, 0.3) is 28.0 Å². The predicted molar refractivity (Wildman–Crippen MR) is 133 cm³/mol. The van der Waals surface area contributed by atoms with Crippen molar-refractivity contribution >= 4 is 41.6 Å². The smallest absolute Gasteiger partial charge is 0.266 e. The second kappa shape index (κ2) is 10.6. The Labute approximate surface area is 203 Å². The number of benzene rings is 2. The standard InChI is InChI=1S/C24H21N5O2.2ClH/c30-23(18-13-26-14-18)27-12-16-7-9-17(10-8-16)22-28-21-6-2-1-5-20(21)24(31)29(22)19-4-3-11-25-15-19;;/h1-11,15,18,26H,12-14H2,(H,27,30);2*1H. The Hall–Kier alpha value is -3.26. The van der Waals surface area contributed by atoms with Gasteiger partial charge in [0.2, 0.25) is 5.91 Å². The minimum Gasteiger partial charge on any atom is -0.352 e. The number of halogens is 2. The van der Waals surface area contributed by atoms with E-state index in [9.17, 15) is 9.59 Å². The normalized spacial score (nSPS) is 12.8. The molecule has 0 spiro atoms. The van der Waals surface area contributed by atoms with Gasteiger partial charge in [-0.1, -0.05) is 36.4 Å². The average molecular weight is 484 g/mol. The highest BCUT2D eigenvalue weighted by atomic mass is 35.5. The molecule has 170 valence electrons. The number of fused-ring (bicyclic) bond motifs is 1. The first-order valence-electron chi connectivity index (χ1n) is 10.2. The topological polar surface area (TPSA) is 88.9 Å². The van der Waals surface area contributed by atoms with Gasteiger partial charge in [-0.2, -0.15) is 0 Å². The summed E-state index contributed by atoms with van der Waals surface area (Å²) in [6.45, 7) is 1.95. The maximum atomic E-state index is 13.3. The molecule has 0 unspecified atom stereocenters. The predicted octanol–water partition coefficient (Wildman–Crippen LogP) is 3.13. The van der Waals surface area contributed by atoms with Gasteiger partial charge in [0.1, 0.15) is 5.82 Å². The Morgan fingerprint density at radius 1 is 1.03 bits per heavy atom. The third-order valence-corrected chi connectivity index (χ3v) is 5.51. The lowest BCUT2D eigenvalue weighted by Crippen LogP contribution is -2.50. The highest BCUT2D eigenvalue weighted by Gasteiger charge is 2.24. The van der Waals surface area contributed by atoms with E-state index in [4.69, 9.17) is 4.98 Å². The largest absolute Gasteiger partial charge is 0.352 e. The van der Waals surface area contributed by atoms with E-state index in [-0.39, 0.29) is 42.2 Å². The first-order valence-corrected chi connectivity index (χ1v) is 10.2. The molecule has 3 heterocycles. The molecule has 2 aromatic carbocycles. The van der Waals surface area contributed by atoms with Crippen LogP contribution in [0.3, 0.4) is 0 Å². The summed E-state index contributed by atoms with van der Waals surface area (Å²) in [6.07, 6.45) is 3.33. The van der Waals surface area contributed by atoms with Crippen LogP contribution in [-0.2, 0) is 11.3 Å². The van der Waals surface area contributed by atoms with Crippen molar-refractivity contribution in [1.29, 1.82) is 0 Å². The van der Waals surface area contributed by atoms with E-state index in [1.807, 2.05) is 48.5 Å². The number of aromatic nitrogens is 3. The SMILES string of the molecule is Cl.Cl.O=C(NCc1ccc(-c2nc3ccccc3c(=O)n2-c2cccnc2)cc1)C1CNC1. The summed E-state index contributed by atoms with van der Waals surface area (Å²) in [5, 5.41) is 6.63. The first-order chi connectivity index (χ1) is 15.2. The van der Waals surface area contributed by atoms with E-state index >= 15 is 0 Å². The van der Waals surface area contributed by atoms with Gasteiger partial charge < -0.3 is 10.6 Å². The molecule has 1 saturated heterocycles. The van der Waals surface area contributed by atoms with Crippen LogP contribution in [0.15, 0.2) is 77.9 Å². The molecule has 33 heavy (non-hydrogen) atoms. The summed E-state index contributed by atoms with van der Waals surface area (Å²) in [4.78, 5) is 34.3. The van der Waals surface area contributed by atoms with E-state index in [0.717, 1.165) is 24.2 Å². The van der Waals surface area contributed by atoms with E-state index < -0.39 is 0 Å². The Balaban J connectivity index is 0.00000153. The van der Waals surface area contributed by atoms with E-state index in [2.05, 4.69) is 15.6 Å². The number of para-hydroxylation sites is 1. The van der Waals surface area contributed by atoms with Crippen molar-refractivity contribution in [3.8, 4) is 17.1 Å². The summed E-state index contributed by atoms with van der Waals surface area (Å²) >= 11 is 0. The minimum atomic E-state index is -0.140. The average Bonchev–Trinajstić information content (AvgIpc) is 2.77. The van der Waals surface area contributed by atoms with Gasteiger partial charge in [0.25, 0.3) is 5.56 Å². The second-order valence-corrected chi connectivity index (χ2v) is 7.57. The van der Waals surface area contributed by atoms with Crippen LogP contribution in [0.4, 0.5) is 0 Å². The van der Waals surface area contributed by atoms with Crippen molar-refractivity contribution in [3.63, 3.8) is 0 Å². The highest BCUT2D eigenvalue weighted by Crippen LogP contribution is 2.22. The minimum absolute atomic E-state index is 0. The number of rotatable bonds is 5. The van der Waals surface area contributed by atoms with Crippen LogP contribution < -0.4 is 16.2 Å². The lowest BCUT2D eigenvalue weighted by molar-refractivity contribution is -0.126. The number of pyridine rings is 1. The molecule has 1 amide bonds. The van der Waals surface area contributed by atoms with Crippen molar-refractivity contribution < 1.29 is 4.79 Å². The van der Waals surface area contributed by atoms with E-state index in [1.54, 1.807) is 29.1 Å². The molecule has 1 aliphatic rings. The number of amides is 1. The van der Waals surface area contributed by atoms with Crippen molar-refractivity contribution in [2.24, 2.45) is 5.92 Å². The van der Waals surface area contributed by atoms with Crippen LogP contribution in [0.1, 0.15) is 5.56 Å². The lowest BCUT2D eigenvalue weighted by Gasteiger charge is -2.25. The highest BCUT2D eigenvalue weighted by molar-refractivity contribution is 5.85. The Kier molecular flexibility index (Phi) is 7.81. The van der Waals surface area contributed by atoms with Crippen LogP contribution in [-0.4, -0.2) is 33.5 Å². The molecule has 7 nitrogen and oxygen atoms in total. The van der Waals surface area contributed by atoms with Crippen LogP contribution in [0, 0.1) is 5.92 Å². The van der Waals surface area contributed by atoms with E-state index in [1.165, 1.54) is 0 Å². The van der Waals surface area contributed by atoms with Crippen molar-refractivity contribution in [3.05, 3.63) is 89.0 Å². The quantitative estimate of drug-likeness (QED) is 0.455. The fourth-order valence-electron chi connectivity index (χ4n) is 3.63. The molecule has 1 aliphatic heterocycles. The maximum absolute atomic E-state index is 13.3. The number of hydrogen-bond acceptors (Lipinski definition) is 5. The summed E-state index contributed by atoms with van der Waals surface area (Å²) in [5.74, 6) is 0.687. The van der Waals surface area contributed by atoms with Crippen LogP contribution in [0.5, 0.6) is 0 Å². The Morgan fingerprint density at radius 2 is 1.79 bits per heavy atom. The van der Waals surface area contributed by atoms with Crippen molar-refractivity contribution in [1.82, 2.24) is 25.2 Å². The van der Waals surface area contributed by atoms with Crippen LogP contribution >= 0.6 is 24.8 Å². The van der Waals surface area contributed by atoms with Gasteiger partial charge in [-0.15, -0.1) is 24.8 Å². The van der Waals surface area contributed by atoms with Gasteiger partial charge >= 0.3 is 0 Å². The molecule has 0 bridgehead atoms. The van der Waals surface area contributed by atoms with Gasteiger partial charge in [0, 0.05) is 31.4 Å². The third kappa shape index (κ3) is 4.90. The Bertz CT molecular complexity index is 1310. The molecule has 0 aliphatic carbocycles. The zero-order chi connectivity index (χ0) is 21.2. The number of carbonyl (C=O) groups excluding carboxylic acids is 1. The fraction of sp³-hybridized carbons (Fsp3) is 0.167. The molecule has 0 atom stereocenters. The van der Waals surface area contributed by atoms with Gasteiger partial charge in [-0.25, -0.2) is 4.98 Å². The maximum Gasteiger partial charge on any atom is 0.266 e. The molecule has 1 fully saturated rings. The molecule has 2 aromatic heterocycles. The summed E-state index contributed by atoms with van der Waals surface area (Å²) in [5.41, 5.74) is 2.96. The molecule has 0 radical (unpaired) electrons. The molecular formula is C24H23Cl2N5O2. The number of hydrogen-bond donors (Lipinski definition) is 2. The molecule has 5 rings (SSSR count). The zero-order valence-corrected chi connectivity index (χ0v) is 19.2. The third-order valence-electron chi connectivity index (χ3n) is 5.51. The van der Waals surface area contributed by atoms with Crippen LogP contribution in [0.2, 0.25) is 0 Å². The monoisotopic (exact) mass is 483 g/mol. The van der Waals surface area contributed by atoms with Gasteiger partial charge in [0.05, 0.1) is 28.7 Å². The molecule has 4 aromatic rings. The second-order valence-electron chi connectivity index (χ2n) is 7.57. The molecule has 2 N–H and O–H groups in total. The molecular weight excluding hydrogens is 461 g/mol. The van der Waals surface area contributed by atoms with E-state index in [0.29, 0.717) is 29.0 Å². The van der Waals surface area contributed by atoms with Gasteiger partial charge in [0.15, 0.2) is 0 Å². The number of nitrogens with one attached hydrogen (secondary N) is 2. The molecule has 9 heteroatoms. The van der Waals surface area contributed by atoms with Gasteiger partial charge in [-0.3, -0.25) is 19.1 Å². The van der Waals surface area contributed by atoms with Crippen molar-refractivity contribution in [2.45, 2.75) is 6.54 Å². The number of carbonyl (C=O) groups is 1. The fourth-order valence-corrected chi connectivity index (χ4v) is 3.63. The van der Waals surface area contributed by atoms with Crippen molar-refractivity contribution in [2.75, 3.05) is 13.1 Å². The zero-order valence-electron chi connectivity index (χ0n) is 17.6. The molecule has 0 saturated carbocycles. The first kappa shape index (κ1) is 24.4. The lowest BCUT2D eigenvalue weighted by atomic mass is 10.0. The summed E-state index contributed by atoms with van der Waals surface area (Å²) < 4.78 is 1.59. The summed E-state index contributed by atoms with van der Waals surface area (Å²) in [7, 11) is 0. The van der Waals surface area contributed by atoms with Gasteiger partial charge in [-0.05, 0) is 29.8 Å². The number of nitrogens with zero attached hydrogens (tertiary/aromatic N) is 3.